The van der Waals surface area contributed by atoms with Crippen molar-refractivity contribution in [3.8, 4) is 5.75 Å². The van der Waals surface area contributed by atoms with E-state index in [1.165, 1.54) is 25.2 Å². The highest BCUT2D eigenvalue weighted by Crippen LogP contribution is 2.24. The number of carbonyl (C=O) groups is 3. The molecule has 0 spiro atoms. The number of carbonyl (C=O) groups excluding carboxylic acids is 3. The molecule has 3 rings (SSSR count). The number of rotatable bonds is 7. The maximum Gasteiger partial charge on any atom is 0.573 e. The molecule has 0 unspecified atom stereocenters. The number of hydrogen-bond donors (Lipinski definition) is 1. The Morgan fingerprint density at radius 3 is 2.03 bits per heavy atom. The molecule has 0 heterocycles. The van der Waals surface area contributed by atoms with E-state index in [4.69, 9.17) is 0 Å². The Hall–Kier alpha value is -4.14. The van der Waals surface area contributed by atoms with Crippen molar-refractivity contribution >= 4 is 23.3 Å². The maximum atomic E-state index is 12.9. The van der Waals surface area contributed by atoms with Crippen LogP contribution < -0.4 is 10.1 Å². The van der Waals surface area contributed by atoms with E-state index in [2.05, 4.69) is 10.1 Å². The van der Waals surface area contributed by atoms with Gasteiger partial charge in [0.25, 0.3) is 5.91 Å². The third kappa shape index (κ3) is 6.42. The highest BCUT2D eigenvalue weighted by atomic mass is 19.4. The molecule has 1 N–H and O–H groups in total. The standard InChI is InChI=1S/C24H19F3N2O4/c1-29(15-21(30)28-17-11-13-18(14-12-17)33-24(25,26)27)23(32)20-10-6-5-9-19(20)22(31)16-7-3-2-4-8-16/h2-14H,15H2,1H3,(H,28,30). The van der Waals surface area contributed by atoms with Gasteiger partial charge in [-0.25, -0.2) is 0 Å². The first-order valence-electron chi connectivity index (χ1n) is 9.74. The number of hydrogen-bond acceptors (Lipinski definition) is 4. The minimum absolute atomic E-state index is 0.148. The lowest BCUT2D eigenvalue weighted by Gasteiger charge is -2.18. The Kier molecular flexibility index (Phi) is 7.12. The Balaban J connectivity index is 1.66. The van der Waals surface area contributed by atoms with Gasteiger partial charge in [0.05, 0.1) is 12.1 Å². The number of halogens is 3. The number of alkyl halides is 3. The fraction of sp³-hybridized carbons (Fsp3) is 0.125. The Labute approximate surface area is 187 Å². The molecule has 0 aliphatic rings. The summed E-state index contributed by atoms with van der Waals surface area (Å²) in [5.41, 5.74) is 1.02. The van der Waals surface area contributed by atoms with Crippen LogP contribution in [0.1, 0.15) is 26.3 Å². The fourth-order valence-electron chi connectivity index (χ4n) is 3.05. The van der Waals surface area contributed by atoms with Crippen molar-refractivity contribution in [1.29, 1.82) is 0 Å². The molecule has 0 aromatic heterocycles. The third-order valence-corrected chi connectivity index (χ3v) is 4.54. The van der Waals surface area contributed by atoms with Crippen LogP contribution in [-0.4, -0.2) is 42.5 Å². The fourth-order valence-corrected chi connectivity index (χ4v) is 3.05. The van der Waals surface area contributed by atoms with Gasteiger partial charge in [0.1, 0.15) is 5.75 Å². The number of benzene rings is 3. The molecule has 0 radical (unpaired) electrons. The highest BCUT2D eigenvalue weighted by Gasteiger charge is 2.31. The number of ether oxygens (including phenoxy) is 1. The zero-order valence-electron chi connectivity index (χ0n) is 17.4. The maximum absolute atomic E-state index is 12.9. The summed E-state index contributed by atoms with van der Waals surface area (Å²) in [7, 11) is 1.41. The largest absolute Gasteiger partial charge is 0.573 e. The predicted octanol–water partition coefficient (Wildman–Crippen LogP) is 4.53. The van der Waals surface area contributed by atoms with Crippen molar-refractivity contribution in [2.45, 2.75) is 6.36 Å². The van der Waals surface area contributed by atoms with Gasteiger partial charge < -0.3 is 15.0 Å². The summed E-state index contributed by atoms with van der Waals surface area (Å²) in [5.74, 6) is -1.84. The van der Waals surface area contributed by atoms with Crippen LogP contribution in [0.3, 0.4) is 0 Å². The second-order valence-corrected chi connectivity index (χ2v) is 7.02. The number of ketones is 1. The van der Waals surface area contributed by atoms with Gasteiger partial charge in [-0.3, -0.25) is 14.4 Å². The molecule has 170 valence electrons. The zero-order chi connectivity index (χ0) is 24.0. The average Bonchev–Trinajstić information content (AvgIpc) is 2.79. The summed E-state index contributed by atoms with van der Waals surface area (Å²) >= 11 is 0. The average molecular weight is 456 g/mol. The van der Waals surface area contributed by atoms with Crippen molar-refractivity contribution in [3.05, 3.63) is 95.6 Å². The van der Waals surface area contributed by atoms with Gasteiger partial charge in [-0.05, 0) is 30.3 Å². The van der Waals surface area contributed by atoms with Crippen molar-refractivity contribution in [2.24, 2.45) is 0 Å². The summed E-state index contributed by atoms with van der Waals surface area (Å²) in [4.78, 5) is 39.3. The van der Waals surface area contributed by atoms with Gasteiger partial charge in [0.2, 0.25) is 5.91 Å². The van der Waals surface area contributed by atoms with Crippen molar-refractivity contribution in [2.75, 3.05) is 18.9 Å². The first-order chi connectivity index (χ1) is 15.6. The molecule has 3 aromatic rings. The van der Waals surface area contributed by atoms with Crippen LogP contribution in [-0.2, 0) is 4.79 Å². The molecular weight excluding hydrogens is 437 g/mol. The molecule has 0 aliphatic heterocycles. The number of nitrogens with one attached hydrogen (secondary N) is 1. The van der Waals surface area contributed by atoms with Gasteiger partial charge in [-0.1, -0.05) is 48.5 Å². The number of amides is 2. The molecule has 0 bridgehead atoms. The molecule has 0 aliphatic carbocycles. The van der Waals surface area contributed by atoms with Crippen LogP contribution in [0, 0.1) is 0 Å². The molecule has 33 heavy (non-hydrogen) atoms. The van der Waals surface area contributed by atoms with Crippen LogP contribution in [0.15, 0.2) is 78.9 Å². The first-order valence-corrected chi connectivity index (χ1v) is 9.74. The molecule has 0 atom stereocenters. The minimum Gasteiger partial charge on any atom is -0.406 e. The van der Waals surface area contributed by atoms with Gasteiger partial charge in [0, 0.05) is 23.9 Å². The summed E-state index contributed by atoms with van der Waals surface area (Å²) in [6.45, 7) is -0.340. The summed E-state index contributed by atoms with van der Waals surface area (Å²) in [5, 5.41) is 2.50. The first kappa shape index (κ1) is 23.5. The number of anilines is 1. The van der Waals surface area contributed by atoms with Gasteiger partial charge in [0.15, 0.2) is 5.78 Å². The SMILES string of the molecule is CN(CC(=O)Nc1ccc(OC(F)(F)F)cc1)C(=O)c1ccccc1C(=O)c1ccccc1. The van der Waals surface area contributed by atoms with Crippen molar-refractivity contribution in [3.63, 3.8) is 0 Å². The molecule has 0 saturated heterocycles. The zero-order valence-corrected chi connectivity index (χ0v) is 17.4. The van der Waals surface area contributed by atoms with Crippen LogP contribution >= 0.6 is 0 Å². The highest BCUT2D eigenvalue weighted by molar-refractivity contribution is 6.15. The van der Waals surface area contributed by atoms with E-state index < -0.39 is 23.9 Å². The van der Waals surface area contributed by atoms with E-state index in [1.54, 1.807) is 48.5 Å². The van der Waals surface area contributed by atoms with E-state index in [-0.39, 0.29) is 29.1 Å². The molecule has 6 nitrogen and oxygen atoms in total. The third-order valence-electron chi connectivity index (χ3n) is 4.54. The summed E-state index contributed by atoms with van der Waals surface area (Å²) in [6.07, 6.45) is -4.81. The normalized spacial score (nSPS) is 10.9. The smallest absolute Gasteiger partial charge is 0.406 e. The van der Waals surface area contributed by atoms with Gasteiger partial charge in [-0.2, -0.15) is 0 Å². The van der Waals surface area contributed by atoms with Crippen molar-refractivity contribution in [1.82, 2.24) is 4.90 Å². The van der Waals surface area contributed by atoms with E-state index >= 15 is 0 Å². The molecular formula is C24H19F3N2O4. The van der Waals surface area contributed by atoms with Gasteiger partial charge >= 0.3 is 6.36 Å². The second kappa shape index (κ2) is 9.99. The molecule has 2 amide bonds. The van der Waals surface area contributed by atoms with E-state index in [1.807, 2.05) is 0 Å². The van der Waals surface area contributed by atoms with E-state index in [0.29, 0.717) is 5.56 Å². The second-order valence-electron chi connectivity index (χ2n) is 7.02. The van der Waals surface area contributed by atoms with E-state index in [0.717, 1.165) is 17.0 Å². The molecule has 0 fully saturated rings. The van der Waals surface area contributed by atoms with Gasteiger partial charge in [-0.15, -0.1) is 13.2 Å². The van der Waals surface area contributed by atoms with Crippen LogP contribution in [0.2, 0.25) is 0 Å². The topological polar surface area (TPSA) is 75.7 Å². The lowest BCUT2D eigenvalue weighted by atomic mass is 9.97. The Morgan fingerprint density at radius 2 is 1.42 bits per heavy atom. The monoisotopic (exact) mass is 456 g/mol. The lowest BCUT2D eigenvalue weighted by molar-refractivity contribution is -0.274. The molecule has 0 saturated carbocycles. The number of nitrogens with zero attached hydrogens (tertiary/aromatic N) is 1. The predicted molar refractivity (Wildman–Crippen MR) is 115 cm³/mol. The lowest BCUT2D eigenvalue weighted by Crippen LogP contribution is -2.35. The Bertz CT molecular complexity index is 1150. The van der Waals surface area contributed by atoms with E-state index in [9.17, 15) is 27.6 Å². The quantitative estimate of drug-likeness (QED) is 0.531. The van der Waals surface area contributed by atoms with Crippen LogP contribution in [0.25, 0.3) is 0 Å². The van der Waals surface area contributed by atoms with Crippen LogP contribution in [0.4, 0.5) is 18.9 Å². The Morgan fingerprint density at radius 1 is 0.848 bits per heavy atom. The molecule has 3 aromatic carbocycles. The summed E-state index contributed by atoms with van der Waals surface area (Å²) < 4.78 is 40.5. The number of likely N-dealkylation sites (N-methyl/N-ethyl adjacent to an activating group) is 1. The minimum atomic E-state index is -4.81. The molecule has 9 heteroatoms. The summed E-state index contributed by atoms with van der Waals surface area (Å²) in [6, 6.07) is 19.4. The van der Waals surface area contributed by atoms with Crippen LogP contribution in [0.5, 0.6) is 5.75 Å². The van der Waals surface area contributed by atoms with Crippen molar-refractivity contribution < 1.29 is 32.3 Å².